The average molecular weight is 288 g/mol. The van der Waals surface area contributed by atoms with Crippen molar-refractivity contribution in [3.63, 3.8) is 0 Å². The van der Waals surface area contributed by atoms with Gasteiger partial charge in [0.1, 0.15) is 5.76 Å². The highest BCUT2D eigenvalue weighted by Gasteiger charge is 2.16. The first-order chi connectivity index (χ1) is 8.66. The molecular formula is C13H22ClN3O2. The fraction of sp³-hybridized carbons (Fsp3) is 0.692. The molecule has 1 saturated heterocycles. The van der Waals surface area contributed by atoms with Crippen LogP contribution in [0.15, 0.2) is 4.52 Å². The largest absolute Gasteiger partial charge is 0.361 e. The third-order valence-electron chi connectivity index (χ3n) is 3.59. The third kappa shape index (κ3) is 4.51. The molecular weight excluding hydrogens is 266 g/mol. The quantitative estimate of drug-likeness (QED) is 0.865. The molecule has 108 valence electrons. The zero-order chi connectivity index (χ0) is 13.0. The molecule has 1 aromatic heterocycles. The normalized spacial score (nSPS) is 18.1. The van der Waals surface area contributed by atoms with Gasteiger partial charge >= 0.3 is 0 Å². The summed E-state index contributed by atoms with van der Waals surface area (Å²) >= 11 is 0. The van der Waals surface area contributed by atoms with E-state index in [4.69, 9.17) is 4.52 Å². The smallest absolute Gasteiger partial charge is 0.220 e. The third-order valence-corrected chi connectivity index (χ3v) is 3.59. The van der Waals surface area contributed by atoms with Gasteiger partial charge < -0.3 is 15.2 Å². The minimum Gasteiger partial charge on any atom is -0.361 e. The summed E-state index contributed by atoms with van der Waals surface area (Å²) in [6, 6.07) is 0. The van der Waals surface area contributed by atoms with Crippen LogP contribution in [-0.2, 0) is 11.3 Å². The van der Waals surface area contributed by atoms with Crippen molar-refractivity contribution in [2.75, 3.05) is 13.1 Å². The highest BCUT2D eigenvalue weighted by Crippen LogP contribution is 2.15. The van der Waals surface area contributed by atoms with Crippen molar-refractivity contribution in [1.29, 1.82) is 0 Å². The molecule has 0 saturated carbocycles. The van der Waals surface area contributed by atoms with Crippen LogP contribution in [0, 0.1) is 19.8 Å². The lowest BCUT2D eigenvalue weighted by atomic mass is 10.0. The van der Waals surface area contributed by atoms with Crippen molar-refractivity contribution in [3.05, 3.63) is 17.0 Å². The van der Waals surface area contributed by atoms with Gasteiger partial charge in [-0.15, -0.1) is 12.4 Å². The standard InChI is InChI=1S/C13H21N3O2.ClH/c1-9-12(10(2)18-16-9)8-15-13(17)4-3-11-5-6-14-7-11;/h11,14H,3-8H2,1-2H3,(H,15,17);1H. The number of nitrogens with one attached hydrogen (secondary N) is 2. The number of halogens is 1. The number of hydrogen-bond acceptors (Lipinski definition) is 4. The van der Waals surface area contributed by atoms with Crippen LogP contribution in [0.3, 0.4) is 0 Å². The fourth-order valence-electron chi connectivity index (χ4n) is 2.33. The molecule has 5 nitrogen and oxygen atoms in total. The van der Waals surface area contributed by atoms with Gasteiger partial charge in [0, 0.05) is 18.5 Å². The molecule has 1 atom stereocenters. The van der Waals surface area contributed by atoms with Gasteiger partial charge in [-0.25, -0.2) is 0 Å². The van der Waals surface area contributed by atoms with Crippen molar-refractivity contribution < 1.29 is 9.32 Å². The Bertz CT molecular complexity index is 395. The number of hydrogen-bond donors (Lipinski definition) is 2. The number of aromatic nitrogens is 1. The number of carbonyl (C=O) groups is 1. The van der Waals surface area contributed by atoms with E-state index in [9.17, 15) is 4.79 Å². The van der Waals surface area contributed by atoms with Gasteiger partial charge in [0.2, 0.25) is 5.91 Å². The topological polar surface area (TPSA) is 67.2 Å². The van der Waals surface area contributed by atoms with Gasteiger partial charge in [-0.3, -0.25) is 4.79 Å². The van der Waals surface area contributed by atoms with Crippen molar-refractivity contribution in [3.8, 4) is 0 Å². The Hall–Kier alpha value is -1.07. The fourth-order valence-corrected chi connectivity index (χ4v) is 2.33. The van der Waals surface area contributed by atoms with Crippen molar-refractivity contribution in [2.45, 2.75) is 39.7 Å². The first-order valence-electron chi connectivity index (χ1n) is 6.56. The summed E-state index contributed by atoms with van der Waals surface area (Å²) in [5, 5.41) is 10.1. The van der Waals surface area contributed by atoms with Crippen LogP contribution >= 0.6 is 12.4 Å². The molecule has 2 N–H and O–H groups in total. The molecule has 1 amide bonds. The van der Waals surface area contributed by atoms with Crippen LogP contribution in [0.25, 0.3) is 0 Å². The number of aryl methyl sites for hydroxylation is 2. The molecule has 1 aliphatic rings. The maximum atomic E-state index is 11.7. The lowest BCUT2D eigenvalue weighted by molar-refractivity contribution is -0.121. The number of carbonyl (C=O) groups excluding carboxylic acids is 1. The Labute approximate surface area is 119 Å². The maximum absolute atomic E-state index is 11.7. The van der Waals surface area contributed by atoms with E-state index in [0.29, 0.717) is 18.9 Å². The van der Waals surface area contributed by atoms with E-state index in [-0.39, 0.29) is 18.3 Å². The molecule has 6 heteroatoms. The molecule has 0 spiro atoms. The monoisotopic (exact) mass is 287 g/mol. The molecule has 1 aliphatic heterocycles. The Morgan fingerprint density at radius 1 is 1.53 bits per heavy atom. The highest BCUT2D eigenvalue weighted by atomic mass is 35.5. The van der Waals surface area contributed by atoms with Crippen LogP contribution in [0.4, 0.5) is 0 Å². The molecule has 1 aromatic rings. The second-order valence-electron chi connectivity index (χ2n) is 4.98. The van der Waals surface area contributed by atoms with E-state index in [1.807, 2.05) is 13.8 Å². The highest BCUT2D eigenvalue weighted by molar-refractivity contribution is 5.85. The van der Waals surface area contributed by atoms with E-state index < -0.39 is 0 Å². The Balaban J connectivity index is 0.00000180. The van der Waals surface area contributed by atoms with Gasteiger partial charge in [0.25, 0.3) is 0 Å². The van der Waals surface area contributed by atoms with E-state index in [2.05, 4.69) is 15.8 Å². The minimum atomic E-state index is 0. The van der Waals surface area contributed by atoms with Crippen LogP contribution in [-0.4, -0.2) is 24.2 Å². The first kappa shape index (κ1) is 16.0. The number of nitrogens with zero attached hydrogens (tertiary/aromatic N) is 1. The second kappa shape index (κ2) is 7.50. The minimum absolute atomic E-state index is 0. The Morgan fingerprint density at radius 3 is 2.89 bits per heavy atom. The lowest BCUT2D eigenvalue weighted by Crippen LogP contribution is -2.24. The van der Waals surface area contributed by atoms with Crippen molar-refractivity contribution in [2.24, 2.45) is 5.92 Å². The molecule has 2 heterocycles. The Morgan fingerprint density at radius 2 is 2.32 bits per heavy atom. The van der Waals surface area contributed by atoms with Gasteiger partial charge in [0.05, 0.1) is 5.69 Å². The molecule has 1 fully saturated rings. The predicted molar refractivity (Wildman–Crippen MR) is 75.3 cm³/mol. The van der Waals surface area contributed by atoms with E-state index in [1.165, 1.54) is 6.42 Å². The van der Waals surface area contributed by atoms with Crippen LogP contribution in [0.5, 0.6) is 0 Å². The van der Waals surface area contributed by atoms with E-state index >= 15 is 0 Å². The van der Waals surface area contributed by atoms with Crippen molar-refractivity contribution in [1.82, 2.24) is 15.8 Å². The summed E-state index contributed by atoms with van der Waals surface area (Å²) in [5.74, 6) is 1.56. The summed E-state index contributed by atoms with van der Waals surface area (Å²) < 4.78 is 5.06. The van der Waals surface area contributed by atoms with Gasteiger partial charge in [-0.1, -0.05) is 5.16 Å². The van der Waals surface area contributed by atoms with Crippen molar-refractivity contribution >= 4 is 18.3 Å². The van der Waals surface area contributed by atoms with E-state index in [0.717, 1.165) is 36.5 Å². The maximum Gasteiger partial charge on any atom is 0.220 e. The Kier molecular flexibility index (Phi) is 6.31. The molecule has 0 aromatic carbocycles. The summed E-state index contributed by atoms with van der Waals surface area (Å²) in [6.45, 7) is 6.42. The van der Waals surface area contributed by atoms with Crippen LogP contribution in [0.2, 0.25) is 0 Å². The van der Waals surface area contributed by atoms with Crippen LogP contribution in [0.1, 0.15) is 36.3 Å². The van der Waals surface area contributed by atoms with Gasteiger partial charge in [-0.05, 0) is 45.7 Å². The first-order valence-corrected chi connectivity index (χ1v) is 6.56. The lowest BCUT2D eigenvalue weighted by Gasteiger charge is -2.08. The summed E-state index contributed by atoms with van der Waals surface area (Å²) in [5.41, 5.74) is 1.85. The molecule has 0 aliphatic carbocycles. The number of amides is 1. The number of rotatable bonds is 5. The SMILES string of the molecule is Cc1noc(C)c1CNC(=O)CCC1CCNC1.Cl. The van der Waals surface area contributed by atoms with Crippen LogP contribution < -0.4 is 10.6 Å². The summed E-state index contributed by atoms with van der Waals surface area (Å²) in [7, 11) is 0. The van der Waals surface area contributed by atoms with Gasteiger partial charge in [0.15, 0.2) is 0 Å². The predicted octanol–water partition coefficient (Wildman–Crippen LogP) is 1.72. The second-order valence-corrected chi connectivity index (χ2v) is 4.98. The summed E-state index contributed by atoms with van der Waals surface area (Å²) in [6.07, 6.45) is 2.77. The summed E-state index contributed by atoms with van der Waals surface area (Å²) in [4.78, 5) is 11.7. The van der Waals surface area contributed by atoms with Gasteiger partial charge in [-0.2, -0.15) is 0 Å². The molecule has 1 unspecified atom stereocenters. The van der Waals surface area contributed by atoms with E-state index in [1.54, 1.807) is 0 Å². The average Bonchev–Trinajstić information content (AvgIpc) is 2.96. The zero-order valence-corrected chi connectivity index (χ0v) is 12.3. The molecule has 0 radical (unpaired) electrons. The molecule has 19 heavy (non-hydrogen) atoms. The molecule has 0 bridgehead atoms. The zero-order valence-electron chi connectivity index (χ0n) is 11.5. The molecule has 2 rings (SSSR count).